The summed E-state index contributed by atoms with van der Waals surface area (Å²) in [6.07, 6.45) is 4.70. The van der Waals surface area contributed by atoms with Crippen molar-refractivity contribution < 1.29 is 4.79 Å². The summed E-state index contributed by atoms with van der Waals surface area (Å²) < 4.78 is 0. The minimum Gasteiger partial charge on any atom is -0.334 e. The van der Waals surface area contributed by atoms with Gasteiger partial charge in [-0.3, -0.25) is 9.69 Å². The Morgan fingerprint density at radius 1 is 1.11 bits per heavy atom. The molecule has 2 heterocycles. The van der Waals surface area contributed by atoms with E-state index in [1.807, 2.05) is 0 Å². The molecule has 0 aromatic heterocycles. The van der Waals surface area contributed by atoms with Crippen LogP contribution in [0, 0.1) is 11.8 Å². The van der Waals surface area contributed by atoms with Gasteiger partial charge < -0.3 is 4.90 Å². The third-order valence-electron chi connectivity index (χ3n) is 5.22. The summed E-state index contributed by atoms with van der Waals surface area (Å²) in [6.45, 7) is 8.99. The molecule has 0 aromatic rings. The standard InChI is InChI=1S/C15H26N2O/c1-10(2)16-8-13-4-5-14(9-16)17(13)15(18)12-6-11(3)7-12/h10-14H,4-9H2,1-3H3. The van der Waals surface area contributed by atoms with Crippen LogP contribution in [0.4, 0.5) is 0 Å². The fourth-order valence-electron chi connectivity index (χ4n) is 4.03. The number of amides is 1. The first-order valence-electron chi connectivity index (χ1n) is 7.62. The maximum atomic E-state index is 12.6. The van der Waals surface area contributed by atoms with Crippen LogP contribution in [0.2, 0.25) is 0 Å². The van der Waals surface area contributed by atoms with Gasteiger partial charge in [-0.05, 0) is 45.4 Å². The molecule has 3 fully saturated rings. The summed E-state index contributed by atoms with van der Waals surface area (Å²) in [7, 11) is 0. The van der Waals surface area contributed by atoms with Gasteiger partial charge in [-0.2, -0.15) is 0 Å². The lowest BCUT2D eigenvalue weighted by molar-refractivity contribution is -0.146. The minimum atomic E-state index is 0.355. The first-order valence-corrected chi connectivity index (χ1v) is 7.62. The molecule has 0 spiro atoms. The predicted octanol–water partition coefficient (Wildman–Crippen LogP) is 2.12. The second-order valence-corrected chi connectivity index (χ2v) is 6.95. The molecule has 102 valence electrons. The molecule has 3 rings (SSSR count). The highest BCUT2D eigenvalue weighted by atomic mass is 16.2. The molecule has 18 heavy (non-hydrogen) atoms. The van der Waals surface area contributed by atoms with Crippen LogP contribution in [0.5, 0.6) is 0 Å². The highest BCUT2D eigenvalue weighted by Gasteiger charge is 2.46. The third-order valence-corrected chi connectivity index (χ3v) is 5.22. The molecule has 2 atom stereocenters. The summed E-state index contributed by atoms with van der Waals surface area (Å²) in [5, 5.41) is 0. The van der Waals surface area contributed by atoms with Crippen molar-refractivity contribution >= 4 is 5.91 Å². The van der Waals surface area contributed by atoms with Gasteiger partial charge in [0.1, 0.15) is 0 Å². The van der Waals surface area contributed by atoms with Crippen LogP contribution in [-0.4, -0.2) is 46.9 Å². The largest absolute Gasteiger partial charge is 0.334 e. The molecule has 0 aromatic carbocycles. The van der Waals surface area contributed by atoms with Crippen LogP contribution in [0.15, 0.2) is 0 Å². The number of hydrogen-bond acceptors (Lipinski definition) is 2. The van der Waals surface area contributed by atoms with Crippen molar-refractivity contribution in [3.63, 3.8) is 0 Å². The van der Waals surface area contributed by atoms with Crippen molar-refractivity contribution in [1.29, 1.82) is 0 Å². The number of piperazine rings is 1. The number of hydrogen-bond donors (Lipinski definition) is 0. The monoisotopic (exact) mass is 250 g/mol. The quantitative estimate of drug-likeness (QED) is 0.749. The van der Waals surface area contributed by atoms with E-state index in [1.165, 1.54) is 12.8 Å². The zero-order valence-electron chi connectivity index (χ0n) is 11.9. The van der Waals surface area contributed by atoms with Gasteiger partial charge in [-0.25, -0.2) is 0 Å². The third kappa shape index (κ3) is 1.97. The molecule has 3 nitrogen and oxygen atoms in total. The van der Waals surface area contributed by atoms with Gasteiger partial charge in [0.2, 0.25) is 5.91 Å². The van der Waals surface area contributed by atoms with Gasteiger partial charge >= 0.3 is 0 Å². The average Bonchev–Trinajstić information content (AvgIpc) is 2.54. The first kappa shape index (κ1) is 12.5. The van der Waals surface area contributed by atoms with Crippen molar-refractivity contribution in [1.82, 2.24) is 9.80 Å². The lowest BCUT2D eigenvalue weighted by Crippen LogP contribution is -2.59. The second-order valence-electron chi connectivity index (χ2n) is 6.95. The van der Waals surface area contributed by atoms with E-state index in [-0.39, 0.29) is 0 Å². The van der Waals surface area contributed by atoms with E-state index in [9.17, 15) is 4.79 Å². The summed E-state index contributed by atoms with van der Waals surface area (Å²) >= 11 is 0. The summed E-state index contributed by atoms with van der Waals surface area (Å²) in [5.74, 6) is 1.60. The minimum absolute atomic E-state index is 0.355. The smallest absolute Gasteiger partial charge is 0.226 e. The molecule has 0 N–H and O–H groups in total. The Balaban J connectivity index is 1.66. The number of rotatable bonds is 2. The summed E-state index contributed by atoms with van der Waals surface area (Å²) in [4.78, 5) is 17.4. The molecule has 1 aliphatic carbocycles. The number of likely N-dealkylation sites (tertiary alicyclic amines) is 1. The van der Waals surface area contributed by atoms with Gasteiger partial charge in [0, 0.05) is 37.1 Å². The maximum Gasteiger partial charge on any atom is 0.226 e. The van der Waals surface area contributed by atoms with Crippen molar-refractivity contribution in [2.24, 2.45) is 11.8 Å². The van der Waals surface area contributed by atoms with E-state index in [4.69, 9.17) is 0 Å². The molecular formula is C15H26N2O. The van der Waals surface area contributed by atoms with Gasteiger partial charge in [-0.15, -0.1) is 0 Å². The van der Waals surface area contributed by atoms with Crippen LogP contribution < -0.4 is 0 Å². The highest BCUT2D eigenvalue weighted by Crippen LogP contribution is 2.39. The Labute approximate surface area is 111 Å². The molecule has 2 aliphatic heterocycles. The Kier molecular flexibility index (Phi) is 3.13. The SMILES string of the molecule is CC1CC(C(=O)N2C3CCC2CN(C(C)C)C3)C1. The number of fused-ring (bicyclic) bond motifs is 2. The highest BCUT2D eigenvalue weighted by molar-refractivity contribution is 5.81. The van der Waals surface area contributed by atoms with E-state index in [0.717, 1.165) is 31.8 Å². The predicted molar refractivity (Wildman–Crippen MR) is 72.3 cm³/mol. The molecule has 1 saturated carbocycles. The Hall–Kier alpha value is -0.570. The number of carbonyl (C=O) groups is 1. The van der Waals surface area contributed by atoms with Gasteiger partial charge in [-0.1, -0.05) is 6.92 Å². The molecular weight excluding hydrogens is 224 g/mol. The molecule has 2 saturated heterocycles. The normalized spacial score (nSPS) is 40.1. The van der Waals surface area contributed by atoms with Crippen LogP contribution >= 0.6 is 0 Å². The zero-order valence-corrected chi connectivity index (χ0v) is 11.9. The Morgan fingerprint density at radius 3 is 2.11 bits per heavy atom. The van der Waals surface area contributed by atoms with Crippen molar-refractivity contribution in [2.45, 2.75) is 64.6 Å². The summed E-state index contributed by atoms with van der Waals surface area (Å²) in [5.41, 5.74) is 0. The van der Waals surface area contributed by atoms with Crippen molar-refractivity contribution in [3.05, 3.63) is 0 Å². The molecule has 3 heteroatoms. The van der Waals surface area contributed by atoms with Crippen LogP contribution in [-0.2, 0) is 4.79 Å². The van der Waals surface area contributed by atoms with Crippen LogP contribution in [0.1, 0.15) is 46.5 Å². The average molecular weight is 250 g/mol. The maximum absolute atomic E-state index is 12.6. The van der Waals surface area contributed by atoms with Crippen LogP contribution in [0.25, 0.3) is 0 Å². The summed E-state index contributed by atoms with van der Waals surface area (Å²) in [6, 6.07) is 1.64. The molecule has 2 bridgehead atoms. The molecule has 2 unspecified atom stereocenters. The van der Waals surface area contributed by atoms with E-state index in [2.05, 4.69) is 30.6 Å². The molecule has 3 aliphatic rings. The number of carbonyl (C=O) groups excluding carboxylic acids is 1. The van der Waals surface area contributed by atoms with E-state index in [1.54, 1.807) is 0 Å². The van der Waals surface area contributed by atoms with Crippen molar-refractivity contribution in [2.75, 3.05) is 13.1 Å². The zero-order chi connectivity index (χ0) is 12.9. The lowest BCUT2D eigenvalue weighted by Gasteiger charge is -2.45. The van der Waals surface area contributed by atoms with Gasteiger partial charge in [0.15, 0.2) is 0 Å². The number of nitrogens with zero attached hydrogens (tertiary/aromatic N) is 2. The molecule has 1 amide bonds. The Bertz CT molecular complexity index is 321. The van der Waals surface area contributed by atoms with E-state index < -0.39 is 0 Å². The van der Waals surface area contributed by atoms with Crippen molar-refractivity contribution in [3.8, 4) is 0 Å². The van der Waals surface area contributed by atoms with E-state index in [0.29, 0.717) is 30.0 Å². The molecule has 0 radical (unpaired) electrons. The fourth-order valence-corrected chi connectivity index (χ4v) is 4.03. The topological polar surface area (TPSA) is 23.6 Å². The van der Waals surface area contributed by atoms with Gasteiger partial charge in [0.25, 0.3) is 0 Å². The first-order chi connectivity index (χ1) is 8.56. The fraction of sp³-hybridized carbons (Fsp3) is 0.933. The van der Waals surface area contributed by atoms with Gasteiger partial charge in [0.05, 0.1) is 0 Å². The van der Waals surface area contributed by atoms with Crippen LogP contribution in [0.3, 0.4) is 0 Å². The lowest BCUT2D eigenvalue weighted by atomic mass is 9.75. The van der Waals surface area contributed by atoms with E-state index >= 15 is 0 Å². The second kappa shape index (κ2) is 4.52. The Morgan fingerprint density at radius 2 is 1.67 bits per heavy atom.